The third-order valence-corrected chi connectivity index (χ3v) is 3.81. The van der Waals surface area contributed by atoms with Crippen LogP contribution in [0.1, 0.15) is 38.8 Å². The Kier molecular flexibility index (Phi) is 7.12. The van der Waals surface area contributed by atoms with Gasteiger partial charge in [0.2, 0.25) is 0 Å². The fourth-order valence-electron chi connectivity index (χ4n) is 2.66. The van der Waals surface area contributed by atoms with Gasteiger partial charge in [0.05, 0.1) is 6.54 Å². The number of hydrogen-bond donors (Lipinski definition) is 2. The van der Waals surface area contributed by atoms with Crippen molar-refractivity contribution in [2.75, 3.05) is 13.1 Å². The van der Waals surface area contributed by atoms with E-state index in [1.54, 1.807) is 0 Å². The van der Waals surface area contributed by atoms with Gasteiger partial charge >= 0.3 is 0 Å². The Morgan fingerprint density at radius 3 is 2.59 bits per heavy atom. The van der Waals surface area contributed by atoms with Gasteiger partial charge < -0.3 is 11.1 Å². The molecule has 1 aliphatic heterocycles. The molecule has 0 saturated carbocycles. The maximum absolute atomic E-state index is 5.93. The third-order valence-electron chi connectivity index (χ3n) is 3.81. The highest BCUT2D eigenvalue weighted by Gasteiger charge is 2.20. The van der Waals surface area contributed by atoms with E-state index in [4.69, 9.17) is 5.73 Å². The molecule has 1 aromatic carbocycles. The van der Waals surface area contributed by atoms with E-state index >= 15 is 0 Å². The molecule has 0 fully saturated rings. The topological polar surface area (TPSA) is 53.6 Å². The second-order valence-corrected chi connectivity index (χ2v) is 6.94. The van der Waals surface area contributed by atoms with Gasteiger partial charge in [-0.1, -0.05) is 24.3 Å². The summed E-state index contributed by atoms with van der Waals surface area (Å²) >= 11 is 0. The zero-order valence-electron chi connectivity index (χ0n) is 14.1. The molecule has 3 N–H and O–H groups in total. The summed E-state index contributed by atoms with van der Waals surface area (Å²) in [6, 6.07) is 9.12. The van der Waals surface area contributed by atoms with Crippen LogP contribution in [0.5, 0.6) is 0 Å². The van der Waals surface area contributed by atoms with E-state index in [-0.39, 0.29) is 29.5 Å². The SMILES string of the molecule is CC(CN=C(N)NC(C)(C)C)N1CCc2ccccc2C1.I. The average Bonchev–Trinajstić information content (AvgIpc) is 2.42. The van der Waals surface area contributed by atoms with Gasteiger partial charge in [0.1, 0.15) is 0 Å². The first-order valence-electron chi connectivity index (χ1n) is 7.74. The van der Waals surface area contributed by atoms with Crippen LogP contribution < -0.4 is 11.1 Å². The Hall–Kier alpha value is -0.820. The fraction of sp³-hybridized carbons (Fsp3) is 0.588. The number of nitrogens with two attached hydrogens (primary N) is 1. The molecule has 0 spiro atoms. The number of fused-ring (bicyclic) bond motifs is 1. The molecule has 0 bridgehead atoms. The lowest BCUT2D eigenvalue weighted by atomic mass is 9.99. The molecule has 0 aliphatic carbocycles. The zero-order valence-corrected chi connectivity index (χ0v) is 16.4. The Labute approximate surface area is 151 Å². The normalized spacial score (nSPS) is 17.4. The minimum atomic E-state index is -0.0408. The molecule has 0 aromatic heterocycles. The minimum Gasteiger partial charge on any atom is -0.370 e. The molecule has 5 heteroatoms. The van der Waals surface area contributed by atoms with Crippen LogP contribution in [-0.4, -0.2) is 35.5 Å². The van der Waals surface area contributed by atoms with Crippen molar-refractivity contribution in [1.29, 1.82) is 0 Å². The van der Waals surface area contributed by atoms with Crippen LogP contribution in [0.2, 0.25) is 0 Å². The first kappa shape index (κ1) is 19.2. The molecule has 2 rings (SSSR count). The first-order valence-corrected chi connectivity index (χ1v) is 7.74. The van der Waals surface area contributed by atoms with Crippen LogP contribution in [0, 0.1) is 0 Å². The van der Waals surface area contributed by atoms with E-state index < -0.39 is 0 Å². The monoisotopic (exact) mass is 416 g/mol. The first-order chi connectivity index (χ1) is 9.85. The van der Waals surface area contributed by atoms with Crippen molar-refractivity contribution in [2.45, 2.75) is 52.2 Å². The van der Waals surface area contributed by atoms with Gasteiger partial charge in [-0.3, -0.25) is 9.89 Å². The summed E-state index contributed by atoms with van der Waals surface area (Å²) < 4.78 is 0. The Morgan fingerprint density at radius 1 is 1.32 bits per heavy atom. The van der Waals surface area contributed by atoms with Gasteiger partial charge in [0.25, 0.3) is 0 Å². The van der Waals surface area contributed by atoms with E-state index in [1.807, 2.05) is 0 Å². The molecule has 1 atom stereocenters. The maximum atomic E-state index is 5.93. The van der Waals surface area contributed by atoms with Crippen LogP contribution in [0.25, 0.3) is 0 Å². The maximum Gasteiger partial charge on any atom is 0.189 e. The lowest BCUT2D eigenvalue weighted by Crippen LogP contribution is -2.46. The summed E-state index contributed by atoms with van der Waals surface area (Å²) in [5.74, 6) is 0.534. The number of guanidine groups is 1. The Morgan fingerprint density at radius 2 is 1.95 bits per heavy atom. The second-order valence-electron chi connectivity index (χ2n) is 6.94. The summed E-state index contributed by atoms with van der Waals surface area (Å²) in [4.78, 5) is 6.96. The highest BCUT2D eigenvalue weighted by atomic mass is 127. The van der Waals surface area contributed by atoms with Crippen molar-refractivity contribution < 1.29 is 0 Å². The van der Waals surface area contributed by atoms with Crippen LogP contribution in [-0.2, 0) is 13.0 Å². The molecule has 4 nitrogen and oxygen atoms in total. The second kappa shape index (κ2) is 8.15. The molecule has 1 aliphatic rings. The highest BCUT2D eigenvalue weighted by Crippen LogP contribution is 2.20. The summed E-state index contributed by atoms with van der Waals surface area (Å²) in [5.41, 5.74) is 8.82. The van der Waals surface area contributed by atoms with E-state index in [2.05, 4.69) is 67.2 Å². The van der Waals surface area contributed by atoms with Gasteiger partial charge in [-0.15, -0.1) is 24.0 Å². The van der Waals surface area contributed by atoms with Gasteiger partial charge in [-0.25, -0.2) is 0 Å². The fourth-order valence-corrected chi connectivity index (χ4v) is 2.66. The zero-order chi connectivity index (χ0) is 15.5. The summed E-state index contributed by atoms with van der Waals surface area (Å²) in [6.07, 6.45) is 1.12. The number of halogens is 1. The molecular weight excluding hydrogens is 387 g/mol. The smallest absolute Gasteiger partial charge is 0.189 e. The molecule has 22 heavy (non-hydrogen) atoms. The molecule has 1 aromatic rings. The molecule has 124 valence electrons. The average molecular weight is 416 g/mol. The lowest BCUT2D eigenvalue weighted by Gasteiger charge is -2.33. The molecule has 1 heterocycles. The van der Waals surface area contributed by atoms with Crippen molar-refractivity contribution in [3.05, 3.63) is 35.4 Å². The van der Waals surface area contributed by atoms with Crippen molar-refractivity contribution in [3.63, 3.8) is 0 Å². The van der Waals surface area contributed by atoms with E-state index in [0.29, 0.717) is 12.0 Å². The minimum absolute atomic E-state index is 0. The van der Waals surface area contributed by atoms with Crippen molar-refractivity contribution >= 4 is 29.9 Å². The van der Waals surface area contributed by atoms with Gasteiger partial charge in [0.15, 0.2) is 5.96 Å². The largest absolute Gasteiger partial charge is 0.370 e. The van der Waals surface area contributed by atoms with E-state index in [0.717, 1.165) is 26.1 Å². The van der Waals surface area contributed by atoms with Crippen LogP contribution in [0.3, 0.4) is 0 Å². The molecule has 0 saturated heterocycles. The molecule has 0 radical (unpaired) electrons. The standard InChI is InChI=1S/C17H28N4.HI/c1-13(11-19-16(18)20-17(2,3)4)21-10-9-14-7-5-6-8-15(14)12-21;/h5-8,13H,9-12H2,1-4H3,(H3,18,19,20);1H. The van der Waals surface area contributed by atoms with Crippen LogP contribution >= 0.6 is 24.0 Å². The number of nitrogens with one attached hydrogen (secondary N) is 1. The Balaban J connectivity index is 0.00000242. The summed E-state index contributed by atoms with van der Waals surface area (Å²) in [6.45, 7) is 11.3. The van der Waals surface area contributed by atoms with Gasteiger partial charge in [0, 0.05) is 24.7 Å². The Bertz CT molecular complexity index is 508. The van der Waals surface area contributed by atoms with Gasteiger partial charge in [-0.05, 0) is 45.2 Å². The highest BCUT2D eigenvalue weighted by molar-refractivity contribution is 14.0. The molecule has 1 unspecified atom stereocenters. The molecular formula is C17H29IN4. The predicted molar refractivity (Wildman–Crippen MR) is 105 cm³/mol. The summed E-state index contributed by atoms with van der Waals surface area (Å²) in [5, 5.41) is 3.20. The predicted octanol–water partition coefficient (Wildman–Crippen LogP) is 2.75. The number of aliphatic imine (C=N–C) groups is 1. The van der Waals surface area contributed by atoms with E-state index in [9.17, 15) is 0 Å². The van der Waals surface area contributed by atoms with Crippen LogP contribution in [0.15, 0.2) is 29.3 Å². The van der Waals surface area contributed by atoms with E-state index in [1.165, 1.54) is 11.1 Å². The van der Waals surface area contributed by atoms with Crippen LogP contribution in [0.4, 0.5) is 0 Å². The number of rotatable bonds is 3. The van der Waals surface area contributed by atoms with Gasteiger partial charge in [-0.2, -0.15) is 0 Å². The quantitative estimate of drug-likeness (QED) is 0.453. The van der Waals surface area contributed by atoms with Crippen molar-refractivity contribution in [1.82, 2.24) is 10.2 Å². The number of nitrogens with zero attached hydrogens (tertiary/aromatic N) is 2. The van der Waals surface area contributed by atoms with Crippen molar-refractivity contribution in [3.8, 4) is 0 Å². The third kappa shape index (κ3) is 5.76. The number of benzene rings is 1. The summed E-state index contributed by atoms with van der Waals surface area (Å²) in [7, 11) is 0. The molecule has 0 amide bonds. The lowest BCUT2D eigenvalue weighted by molar-refractivity contribution is 0.195. The number of hydrogen-bond acceptors (Lipinski definition) is 2. The van der Waals surface area contributed by atoms with Crippen molar-refractivity contribution in [2.24, 2.45) is 10.7 Å².